The number of hydrogen-bond acceptors (Lipinski definition) is 7. The fraction of sp³-hybridized carbons (Fsp3) is 0.258. The summed E-state index contributed by atoms with van der Waals surface area (Å²) in [5.74, 6) is -0.549. The molecule has 0 saturated heterocycles. The molecule has 0 fully saturated rings. The summed E-state index contributed by atoms with van der Waals surface area (Å²) in [5.41, 5.74) is 4.04. The molecule has 0 aliphatic rings. The van der Waals surface area contributed by atoms with E-state index in [4.69, 9.17) is 19.1 Å². The molecule has 3 aromatic rings. The maximum Gasteiger partial charge on any atom is 0.416 e. The van der Waals surface area contributed by atoms with Crippen LogP contribution in [0.25, 0.3) is 5.57 Å². The average molecular weight is 569 g/mol. The van der Waals surface area contributed by atoms with Crippen molar-refractivity contribution in [2.24, 2.45) is 10.3 Å². The summed E-state index contributed by atoms with van der Waals surface area (Å²) < 4.78 is 48.9. The molecule has 0 aliphatic heterocycles. The minimum Gasteiger partial charge on any atom is -0.503 e. The molecule has 0 aliphatic carbocycles. The van der Waals surface area contributed by atoms with Crippen LogP contribution in [0.1, 0.15) is 40.3 Å². The maximum absolute atomic E-state index is 13.0. The van der Waals surface area contributed by atoms with E-state index in [0.717, 1.165) is 17.2 Å². The highest BCUT2D eigenvalue weighted by molar-refractivity contribution is 6.47. The standard InChI is InChI=1S/C31H31F3N2O5/c1-21(35-41-19-25-9-5-6-11-27(25)28(20-38-2)30(37)39-3)29(36-40-4)24-16-14-22(15-17-24)12-13-23-8-7-10-26(18-23)31(32,33)34/h5-11,14-18,20H,12-13,19H2,1-4H3. The largest absolute Gasteiger partial charge is 0.503 e. The lowest BCUT2D eigenvalue weighted by molar-refractivity contribution is -0.137. The predicted octanol–water partition coefficient (Wildman–Crippen LogP) is 6.59. The summed E-state index contributed by atoms with van der Waals surface area (Å²) in [5, 5.41) is 8.29. The van der Waals surface area contributed by atoms with E-state index in [1.54, 1.807) is 31.2 Å². The number of carbonyl (C=O) groups excluding carboxylic acids is 1. The Labute approximate surface area is 236 Å². The van der Waals surface area contributed by atoms with Gasteiger partial charge in [0.15, 0.2) is 0 Å². The number of benzene rings is 3. The smallest absolute Gasteiger partial charge is 0.416 e. The summed E-state index contributed by atoms with van der Waals surface area (Å²) in [6.45, 7) is 1.77. The molecule has 0 unspecified atom stereocenters. The highest BCUT2D eigenvalue weighted by atomic mass is 19.4. The Morgan fingerprint density at radius 3 is 2.24 bits per heavy atom. The van der Waals surface area contributed by atoms with Gasteiger partial charge in [-0.1, -0.05) is 77.0 Å². The Morgan fingerprint density at radius 2 is 1.59 bits per heavy atom. The van der Waals surface area contributed by atoms with E-state index >= 15 is 0 Å². The first kappa shape index (κ1) is 30.9. The van der Waals surface area contributed by atoms with Crippen LogP contribution >= 0.6 is 0 Å². The van der Waals surface area contributed by atoms with Crippen LogP contribution in [-0.4, -0.2) is 38.7 Å². The lowest BCUT2D eigenvalue weighted by Gasteiger charge is -2.11. The van der Waals surface area contributed by atoms with Gasteiger partial charge in [-0.25, -0.2) is 4.79 Å². The fourth-order valence-corrected chi connectivity index (χ4v) is 4.04. The fourth-order valence-electron chi connectivity index (χ4n) is 4.04. The van der Waals surface area contributed by atoms with Crippen molar-refractivity contribution in [3.05, 3.63) is 112 Å². The molecular weight excluding hydrogens is 537 g/mol. The molecule has 41 heavy (non-hydrogen) atoms. The van der Waals surface area contributed by atoms with Crippen molar-refractivity contribution < 1.29 is 37.1 Å². The minimum absolute atomic E-state index is 0.0559. The zero-order valence-electron chi connectivity index (χ0n) is 23.2. The summed E-state index contributed by atoms with van der Waals surface area (Å²) in [7, 11) is 4.15. The summed E-state index contributed by atoms with van der Waals surface area (Å²) in [4.78, 5) is 22.9. The zero-order chi connectivity index (χ0) is 29.8. The van der Waals surface area contributed by atoms with Gasteiger partial charge in [0, 0.05) is 11.1 Å². The second-order valence-electron chi connectivity index (χ2n) is 8.88. The molecule has 7 nitrogen and oxygen atoms in total. The van der Waals surface area contributed by atoms with Gasteiger partial charge >= 0.3 is 12.1 Å². The average Bonchev–Trinajstić information content (AvgIpc) is 2.97. The monoisotopic (exact) mass is 568 g/mol. The first-order valence-electron chi connectivity index (χ1n) is 12.6. The maximum atomic E-state index is 13.0. The second-order valence-corrected chi connectivity index (χ2v) is 8.88. The number of alkyl halides is 3. The third-order valence-electron chi connectivity index (χ3n) is 6.08. The number of hydrogen-bond donors (Lipinski definition) is 0. The first-order chi connectivity index (χ1) is 19.7. The molecule has 3 rings (SSSR count). The van der Waals surface area contributed by atoms with Crippen LogP contribution in [0.3, 0.4) is 0 Å². The lowest BCUT2D eigenvalue weighted by atomic mass is 10.00. The van der Waals surface area contributed by atoms with Crippen molar-refractivity contribution in [3.8, 4) is 0 Å². The van der Waals surface area contributed by atoms with Crippen LogP contribution in [0, 0.1) is 0 Å². The Hall–Kier alpha value is -4.60. The van der Waals surface area contributed by atoms with Gasteiger partial charge in [-0.05, 0) is 42.5 Å². The van der Waals surface area contributed by atoms with Crippen molar-refractivity contribution in [3.63, 3.8) is 0 Å². The SMILES string of the molecule is COC=C(C(=O)OC)c1ccccc1CON=C(C)C(=NOC)c1ccc(CCc2cccc(C(F)(F)F)c2)cc1. The van der Waals surface area contributed by atoms with Gasteiger partial charge in [0.1, 0.15) is 30.7 Å². The number of nitrogens with zero attached hydrogens (tertiary/aromatic N) is 2. The summed E-state index contributed by atoms with van der Waals surface area (Å²) in [6.07, 6.45) is -2.02. The quantitative estimate of drug-likeness (QED) is 0.0810. The van der Waals surface area contributed by atoms with Gasteiger partial charge < -0.3 is 19.1 Å². The van der Waals surface area contributed by atoms with E-state index in [0.29, 0.717) is 41.0 Å². The molecule has 0 aromatic heterocycles. The summed E-state index contributed by atoms with van der Waals surface area (Å²) in [6, 6.07) is 20.0. The number of oxime groups is 2. The van der Waals surface area contributed by atoms with Crippen LogP contribution in [0.5, 0.6) is 0 Å². The first-order valence-corrected chi connectivity index (χ1v) is 12.6. The van der Waals surface area contributed by atoms with Gasteiger partial charge in [0.2, 0.25) is 0 Å². The number of esters is 1. The molecule has 3 aromatic carbocycles. The number of methoxy groups -OCH3 is 2. The van der Waals surface area contributed by atoms with Gasteiger partial charge in [-0.15, -0.1) is 0 Å². The zero-order valence-corrected chi connectivity index (χ0v) is 23.2. The minimum atomic E-state index is -4.37. The van der Waals surface area contributed by atoms with E-state index in [-0.39, 0.29) is 12.2 Å². The highest BCUT2D eigenvalue weighted by Crippen LogP contribution is 2.30. The summed E-state index contributed by atoms with van der Waals surface area (Å²) >= 11 is 0. The number of ether oxygens (including phenoxy) is 2. The van der Waals surface area contributed by atoms with Crippen molar-refractivity contribution in [1.82, 2.24) is 0 Å². The van der Waals surface area contributed by atoms with Gasteiger partial charge in [0.05, 0.1) is 26.0 Å². The molecule has 0 heterocycles. The second kappa shape index (κ2) is 14.7. The Bertz CT molecular complexity index is 1410. The van der Waals surface area contributed by atoms with Crippen molar-refractivity contribution in [1.29, 1.82) is 0 Å². The van der Waals surface area contributed by atoms with Crippen LogP contribution in [-0.2, 0) is 49.6 Å². The van der Waals surface area contributed by atoms with Crippen LogP contribution in [0.15, 0.2) is 89.4 Å². The van der Waals surface area contributed by atoms with Gasteiger partial charge in [-0.3, -0.25) is 0 Å². The lowest BCUT2D eigenvalue weighted by Crippen LogP contribution is -2.14. The van der Waals surface area contributed by atoms with E-state index in [1.807, 2.05) is 30.3 Å². The number of halogens is 3. The number of aryl methyl sites for hydroxylation is 2. The third-order valence-corrected chi connectivity index (χ3v) is 6.08. The Morgan fingerprint density at radius 1 is 0.878 bits per heavy atom. The predicted molar refractivity (Wildman–Crippen MR) is 150 cm³/mol. The Kier molecular flexibility index (Phi) is 11.1. The molecule has 0 atom stereocenters. The van der Waals surface area contributed by atoms with E-state index in [9.17, 15) is 18.0 Å². The van der Waals surface area contributed by atoms with E-state index < -0.39 is 17.7 Å². The van der Waals surface area contributed by atoms with Crippen LogP contribution in [0.4, 0.5) is 13.2 Å². The van der Waals surface area contributed by atoms with Crippen LogP contribution < -0.4 is 0 Å². The molecule has 10 heteroatoms. The number of rotatable bonds is 12. The van der Waals surface area contributed by atoms with Crippen molar-refractivity contribution in [2.75, 3.05) is 21.3 Å². The van der Waals surface area contributed by atoms with Crippen LogP contribution in [0.2, 0.25) is 0 Å². The molecular formula is C31H31F3N2O5. The normalized spacial score (nSPS) is 12.6. The molecule has 0 N–H and O–H groups in total. The third kappa shape index (κ3) is 8.69. The van der Waals surface area contributed by atoms with Gasteiger partial charge in [-0.2, -0.15) is 13.2 Å². The molecule has 0 saturated carbocycles. The Balaban J connectivity index is 1.70. The van der Waals surface area contributed by atoms with E-state index in [2.05, 4.69) is 10.3 Å². The molecule has 216 valence electrons. The number of carbonyl (C=O) groups is 1. The molecule has 0 radical (unpaired) electrons. The van der Waals surface area contributed by atoms with E-state index in [1.165, 1.54) is 39.7 Å². The molecule has 0 spiro atoms. The van der Waals surface area contributed by atoms with Crippen molar-refractivity contribution in [2.45, 2.75) is 32.5 Å². The molecule has 0 amide bonds. The van der Waals surface area contributed by atoms with Crippen molar-refractivity contribution >= 4 is 23.0 Å². The molecule has 0 bridgehead atoms. The topological polar surface area (TPSA) is 78.7 Å². The highest BCUT2D eigenvalue weighted by Gasteiger charge is 2.30. The van der Waals surface area contributed by atoms with Gasteiger partial charge in [0.25, 0.3) is 0 Å².